The fraction of sp³-hybridized carbons (Fsp3) is 0.267. The molecule has 0 unspecified atom stereocenters. The third-order valence-electron chi connectivity index (χ3n) is 3.22. The molecule has 0 atom stereocenters. The Balaban J connectivity index is 1.53. The molecule has 0 bridgehead atoms. The predicted octanol–water partition coefficient (Wildman–Crippen LogP) is 2.94. The first kappa shape index (κ1) is 18.6. The lowest BCUT2D eigenvalue weighted by Crippen LogP contribution is -2.14. The number of para-hydroxylation sites is 1. The smallest absolute Gasteiger partial charge is 0.236 e. The number of nitrogens with one attached hydrogen (secondary N) is 1. The molecule has 26 heavy (non-hydrogen) atoms. The highest BCUT2D eigenvalue weighted by Crippen LogP contribution is 2.24. The maximum atomic E-state index is 12.0. The lowest BCUT2D eigenvalue weighted by atomic mass is 10.3. The summed E-state index contributed by atoms with van der Waals surface area (Å²) >= 11 is 8.67. The molecule has 1 aromatic carbocycles. The van der Waals surface area contributed by atoms with Crippen molar-refractivity contribution in [1.82, 2.24) is 25.0 Å². The quantitative estimate of drug-likeness (QED) is 0.598. The SMILES string of the molecule is Cc1nnc(NC(=O)CSc2nnc(COc3ccccc3Cl)n2C)s1. The van der Waals surface area contributed by atoms with E-state index in [0.29, 0.717) is 26.9 Å². The van der Waals surface area contributed by atoms with Gasteiger partial charge in [0, 0.05) is 7.05 Å². The average molecular weight is 411 g/mol. The van der Waals surface area contributed by atoms with Crippen molar-refractivity contribution in [1.29, 1.82) is 0 Å². The molecule has 0 radical (unpaired) electrons. The van der Waals surface area contributed by atoms with Crippen molar-refractivity contribution in [2.45, 2.75) is 18.7 Å². The summed E-state index contributed by atoms with van der Waals surface area (Å²) in [5.41, 5.74) is 0. The minimum Gasteiger partial charge on any atom is -0.484 e. The second kappa shape index (κ2) is 8.47. The van der Waals surface area contributed by atoms with Gasteiger partial charge in [-0.2, -0.15) is 0 Å². The normalized spacial score (nSPS) is 10.7. The van der Waals surface area contributed by atoms with E-state index in [1.807, 2.05) is 26.1 Å². The Morgan fingerprint density at radius 2 is 2.12 bits per heavy atom. The molecule has 0 aliphatic heterocycles. The van der Waals surface area contributed by atoms with Crippen LogP contribution in [0.5, 0.6) is 5.75 Å². The minimum absolute atomic E-state index is 0.178. The summed E-state index contributed by atoms with van der Waals surface area (Å²) in [6, 6.07) is 7.22. The lowest BCUT2D eigenvalue weighted by Gasteiger charge is -2.07. The van der Waals surface area contributed by atoms with Gasteiger partial charge in [-0.3, -0.25) is 10.1 Å². The van der Waals surface area contributed by atoms with Crippen molar-refractivity contribution in [3.63, 3.8) is 0 Å². The Bertz CT molecular complexity index is 913. The van der Waals surface area contributed by atoms with Gasteiger partial charge < -0.3 is 9.30 Å². The van der Waals surface area contributed by atoms with Crippen LogP contribution in [0.1, 0.15) is 10.8 Å². The van der Waals surface area contributed by atoms with Crippen LogP contribution in [0, 0.1) is 6.92 Å². The number of rotatable bonds is 7. The third kappa shape index (κ3) is 4.71. The first-order valence-electron chi connectivity index (χ1n) is 7.51. The molecule has 2 heterocycles. The zero-order chi connectivity index (χ0) is 18.5. The second-order valence-corrected chi connectivity index (χ2v) is 7.67. The highest BCUT2D eigenvalue weighted by atomic mass is 35.5. The number of anilines is 1. The number of halogens is 1. The number of carbonyl (C=O) groups is 1. The number of aryl methyl sites for hydroxylation is 1. The predicted molar refractivity (Wildman–Crippen MR) is 101 cm³/mol. The van der Waals surface area contributed by atoms with Gasteiger partial charge in [0.1, 0.15) is 17.4 Å². The van der Waals surface area contributed by atoms with Crippen molar-refractivity contribution in [3.8, 4) is 5.75 Å². The van der Waals surface area contributed by atoms with Gasteiger partial charge in [-0.1, -0.05) is 46.8 Å². The van der Waals surface area contributed by atoms with Crippen LogP contribution in [-0.2, 0) is 18.4 Å². The summed E-state index contributed by atoms with van der Waals surface area (Å²) < 4.78 is 7.45. The fourth-order valence-corrected chi connectivity index (χ4v) is 3.46. The zero-order valence-corrected chi connectivity index (χ0v) is 16.4. The van der Waals surface area contributed by atoms with Crippen LogP contribution >= 0.6 is 34.7 Å². The Morgan fingerprint density at radius 3 is 2.85 bits per heavy atom. The van der Waals surface area contributed by atoms with Crippen LogP contribution in [0.15, 0.2) is 29.4 Å². The topological polar surface area (TPSA) is 94.8 Å². The fourth-order valence-electron chi connectivity index (χ4n) is 1.93. The molecule has 3 rings (SSSR count). The van der Waals surface area contributed by atoms with E-state index < -0.39 is 0 Å². The molecule has 0 aliphatic rings. The van der Waals surface area contributed by atoms with E-state index in [1.165, 1.54) is 23.1 Å². The van der Waals surface area contributed by atoms with Crippen LogP contribution < -0.4 is 10.1 Å². The van der Waals surface area contributed by atoms with E-state index in [1.54, 1.807) is 16.7 Å². The molecule has 136 valence electrons. The van der Waals surface area contributed by atoms with Crippen LogP contribution in [0.3, 0.4) is 0 Å². The van der Waals surface area contributed by atoms with Crippen LogP contribution in [0.4, 0.5) is 5.13 Å². The summed E-state index contributed by atoms with van der Waals surface area (Å²) in [6.07, 6.45) is 0. The van der Waals surface area contributed by atoms with Crippen molar-refractivity contribution in [3.05, 3.63) is 40.1 Å². The number of aromatic nitrogens is 5. The number of thioether (sulfide) groups is 1. The van der Waals surface area contributed by atoms with Gasteiger partial charge in [0.05, 0.1) is 10.8 Å². The van der Waals surface area contributed by atoms with E-state index in [2.05, 4.69) is 25.7 Å². The molecule has 3 aromatic rings. The van der Waals surface area contributed by atoms with Gasteiger partial charge in [0.15, 0.2) is 11.0 Å². The monoisotopic (exact) mass is 410 g/mol. The van der Waals surface area contributed by atoms with E-state index in [4.69, 9.17) is 16.3 Å². The van der Waals surface area contributed by atoms with Crippen molar-refractivity contribution in [2.75, 3.05) is 11.1 Å². The number of carbonyl (C=O) groups excluding carboxylic acids is 1. The molecule has 0 aliphatic carbocycles. The zero-order valence-electron chi connectivity index (χ0n) is 14.0. The third-order valence-corrected chi connectivity index (χ3v) is 5.31. The summed E-state index contributed by atoms with van der Waals surface area (Å²) in [7, 11) is 1.82. The first-order chi connectivity index (χ1) is 12.5. The number of amides is 1. The van der Waals surface area contributed by atoms with E-state index in [0.717, 1.165) is 5.01 Å². The van der Waals surface area contributed by atoms with E-state index >= 15 is 0 Å². The van der Waals surface area contributed by atoms with E-state index in [9.17, 15) is 4.79 Å². The molecule has 1 N–H and O–H groups in total. The molecule has 11 heteroatoms. The summed E-state index contributed by atoms with van der Waals surface area (Å²) in [5.74, 6) is 1.23. The summed E-state index contributed by atoms with van der Waals surface area (Å²) in [6.45, 7) is 2.05. The molecular formula is C15H15ClN6O2S2. The lowest BCUT2D eigenvalue weighted by molar-refractivity contribution is -0.113. The van der Waals surface area contributed by atoms with Crippen LogP contribution in [0.2, 0.25) is 5.02 Å². The number of ether oxygens (including phenoxy) is 1. The van der Waals surface area contributed by atoms with Crippen molar-refractivity contribution >= 4 is 45.7 Å². The number of benzene rings is 1. The molecule has 0 saturated carbocycles. The van der Waals surface area contributed by atoms with E-state index in [-0.39, 0.29) is 18.3 Å². The molecular weight excluding hydrogens is 396 g/mol. The van der Waals surface area contributed by atoms with Gasteiger partial charge >= 0.3 is 0 Å². The standard InChI is InChI=1S/C15H15ClN6O2S2/c1-9-18-20-14(26-9)17-13(23)8-25-15-21-19-12(22(15)2)7-24-11-6-4-3-5-10(11)16/h3-6H,7-8H2,1-2H3,(H,17,20,23). The Hall–Kier alpha value is -2.17. The number of hydrogen-bond donors (Lipinski definition) is 1. The first-order valence-corrected chi connectivity index (χ1v) is 9.69. The average Bonchev–Trinajstić information content (AvgIpc) is 3.18. The maximum absolute atomic E-state index is 12.0. The Morgan fingerprint density at radius 1 is 1.31 bits per heavy atom. The molecule has 1 amide bonds. The Kier molecular flexibility index (Phi) is 6.07. The molecule has 8 nitrogen and oxygen atoms in total. The number of hydrogen-bond acceptors (Lipinski definition) is 8. The van der Waals surface area contributed by atoms with Gasteiger partial charge in [0.2, 0.25) is 11.0 Å². The Labute approximate surface area is 162 Å². The maximum Gasteiger partial charge on any atom is 0.236 e. The molecule has 2 aromatic heterocycles. The number of nitrogens with zero attached hydrogens (tertiary/aromatic N) is 5. The van der Waals surface area contributed by atoms with Crippen molar-refractivity contribution in [2.24, 2.45) is 7.05 Å². The van der Waals surface area contributed by atoms with Gasteiger partial charge in [0.25, 0.3) is 0 Å². The molecule has 0 fully saturated rings. The summed E-state index contributed by atoms with van der Waals surface area (Å²) in [5, 5.41) is 21.0. The molecule has 0 spiro atoms. The summed E-state index contributed by atoms with van der Waals surface area (Å²) in [4.78, 5) is 12.0. The minimum atomic E-state index is -0.178. The highest BCUT2D eigenvalue weighted by molar-refractivity contribution is 7.99. The second-order valence-electron chi connectivity index (χ2n) is 5.14. The highest BCUT2D eigenvalue weighted by Gasteiger charge is 2.13. The van der Waals surface area contributed by atoms with Crippen LogP contribution in [0.25, 0.3) is 0 Å². The van der Waals surface area contributed by atoms with Gasteiger partial charge in [-0.05, 0) is 19.1 Å². The van der Waals surface area contributed by atoms with Crippen molar-refractivity contribution < 1.29 is 9.53 Å². The van der Waals surface area contributed by atoms with Gasteiger partial charge in [-0.15, -0.1) is 20.4 Å². The van der Waals surface area contributed by atoms with Crippen LogP contribution in [-0.4, -0.2) is 36.6 Å². The van der Waals surface area contributed by atoms with Gasteiger partial charge in [-0.25, -0.2) is 0 Å². The molecule has 0 saturated heterocycles. The largest absolute Gasteiger partial charge is 0.484 e.